The van der Waals surface area contributed by atoms with Gasteiger partial charge in [0.15, 0.2) is 0 Å². The topological polar surface area (TPSA) is 107 Å². The van der Waals surface area contributed by atoms with Crippen LogP contribution in [0, 0.1) is 0 Å². The summed E-state index contributed by atoms with van der Waals surface area (Å²) in [5.74, 6) is -1.44. The number of carboxylic acid groups (broad SMARTS) is 1. The maximum atomic E-state index is 12.5. The largest absolute Gasteiger partial charge is 0.480 e. The van der Waals surface area contributed by atoms with Gasteiger partial charge in [0.2, 0.25) is 10.0 Å². The molecule has 0 aliphatic heterocycles. The molecule has 0 aliphatic rings. The quantitative estimate of drug-likeness (QED) is 0.713. The van der Waals surface area contributed by atoms with Crippen LogP contribution in [0.15, 0.2) is 41.3 Å². The summed E-state index contributed by atoms with van der Waals surface area (Å²) in [6.07, 6.45) is 0. The molecule has 1 atom stereocenters. The summed E-state index contributed by atoms with van der Waals surface area (Å²) in [5.41, 5.74) is 0.844. The molecule has 0 spiro atoms. The van der Waals surface area contributed by atoms with Gasteiger partial charge in [0.05, 0.1) is 11.5 Å². The van der Waals surface area contributed by atoms with E-state index in [1.807, 2.05) is 29.8 Å². The fourth-order valence-corrected chi connectivity index (χ4v) is 3.71. The van der Waals surface area contributed by atoms with Crippen LogP contribution in [0.1, 0.15) is 0 Å². The molecule has 3 N–H and O–H groups in total. The lowest BCUT2D eigenvalue weighted by Crippen LogP contribution is -2.43. The van der Waals surface area contributed by atoms with Gasteiger partial charge in [-0.25, -0.2) is 8.42 Å². The molecule has 124 valence electrons. The summed E-state index contributed by atoms with van der Waals surface area (Å²) in [6.45, 7) is -0.831. The third-order valence-corrected chi connectivity index (χ3v) is 4.94. The molecule has 0 bridgehead atoms. The van der Waals surface area contributed by atoms with E-state index in [4.69, 9.17) is 10.2 Å². The lowest BCUT2D eigenvalue weighted by atomic mass is 10.1. The minimum Gasteiger partial charge on any atom is -0.480 e. The average Bonchev–Trinajstić information content (AvgIpc) is 2.50. The molecular weight excluding hydrogens is 320 g/mol. The van der Waals surface area contributed by atoms with E-state index in [1.165, 1.54) is 6.07 Å². The van der Waals surface area contributed by atoms with Gasteiger partial charge in [-0.3, -0.25) is 4.79 Å². The lowest BCUT2D eigenvalue weighted by Gasteiger charge is -2.18. The molecule has 0 fully saturated rings. The van der Waals surface area contributed by atoms with Crippen LogP contribution in [0.4, 0.5) is 5.69 Å². The Hall–Kier alpha value is -2.16. The fraction of sp³-hybridized carbons (Fsp3) is 0.267. The second-order valence-electron chi connectivity index (χ2n) is 5.22. The number of rotatable bonds is 6. The molecule has 2 aromatic carbocycles. The molecule has 0 saturated carbocycles. The molecule has 0 aromatic heterocycles. The van der Waals surface area contributed by atoms with Crippen molar-refractivity contribution in [3.63, 3.8) is 0 Å². The second kappa shape index (κ2) is 6.53. The maximum absolute atomic E-state index is 12.5. The van der Waals surface area contributed by atoms with Crippen molar-refractivity contribution in [3.8, 4) is 0 Å². The van der Waals surface area contributed by atoms with Crippen molar-refractivity contribution < 1.29 is 23.4 Å². The number of sulfonamides is 1. The normalized spacial score (nSPS) is 13.0. The van der Waals surface area contributed by atoms with Crippen LogP contribution in [-0.4, -0.2) is 51.3 Å². The number of hydrogen-bond acceptors (Lipinski definition) is 5. The smallest absolute Gasteiger partial charge is 0.324 e. The van der Waals surface area contributed by atoms with Crippen LogP contribution in [0.2, 0.25) is 0 Å². The molecule has 2 aromatic rings. The standard InChI is InChI=1S/C15H18N2O5S/c1-17(2)13-7-3-6-11-10(13)5-4-8-14(11)23(21,22)16-12(9-18)15(19)20/h3-8,12,16,18H,9H2,1-2H3,(H,19,20)/t12-/m0/s1. The number of carboxylic acids is 1. The number of nitrogens with one attached hydrogen (secondary N) is 1. The van der Waals surface area contributed by atoms with E-state index in [1.54, 1.807) is 24.3 Å². The highest BCUT2D eigenvalue weighted by Gasteiger charge is 2.26. The van der Waals surface area contributed by atoms with Gasteiger partial charge in [0.1, 0.15) is 6.04 Å². The summed E-state index contributed by atoms with van der Waals surface area (Å²) in [5, 5.41) is 19.2. The Morgan fingerprint density at radius 2 is 1.78 bits per heavy atom. The number of benzene rings is 2. The first-order chi connectivity index (χ1) is 10.8. The number of carbonyl (C=O) groups is 1. The molecule has 0 amide bonds. The molecule has 8 heteroatoms. The van der Waals surface area contributed by atoms with Gasteiger partial charge in [-0.1, -0.05) is 24.3 Å². The van der Waals surface area contributed by atoms with Gasteiger partial charge < -0.3 is 15.1 Å². The number of aliphatic hydroxyl groups excluding tert-OH is 1. The van der Waals surface area contributed by atoms with Crippen LogP contribution < -0.4 is 9.62 Å². The van der Waals surface area contributed by atoms with Crippen LogP contribution >= 0.6 is 0 Å². The van der Waals surface area contributed by atoms with E-state index >= 15 is 0 Å². The van der Waals surface area contributed by atoms with Crippen molar-refractivity contribution in [2.45, 2.75) is 10.9 Å². The first-order valence-corrected chi connectivity index (χ1v) is 8.31. The van der Waals surface area contributed by atoms with E-state index in [0.717, 1.165) is 11.1 Å². The van der Waals surface area contributed by atoms with Crippen molar-refractivity contribution in [1.82, 2.24) is 4.72 Å². The first-order valence-electron chi connectivity index (χ1n) is 6.83. The van der Waals surface area contributed by atoms with Crippen LogP contribution in [0.3, 0.4) is 0 Å². The lowest BCUT2D eigenvalue weighted by molar-refractivity contribution is -0.139. The van der Waals surface area contributed by atoms with Crippen LogP contribution in [0.25, 0.3) is 10.8 Å². The zero-order valence-electron chi connectivity index (χ0n) is 12.7. The van der Waals surface area contributed by atoms with Gasteiger partial charge >= 0.3 is 5.97 Å². The number of nitrogens with zero attached hydrogens (tertiary/aromatic N) is 1. The maximum Gasteiger partial charge on any atom is 0.324 e. The Kier molecular flexibility index (Phi) is 4.88. The van der Waals surface area contributed by atoms with Crippen molar-refractivity contribution in [2.75, 3.05) is 25.6 Å². The molecule has 0 radical (unpaired) electrons. The highest BCUT2D eigenvalue weighted by Crippen LogP contribution is 2.30. The van der Waals surface area contributed by atoms with Crippen molar-refractivity contribution in [1.29, 1.82) is 0 Å². The van der Waals surface area contributed by atoms with E-state index in [-0.39, 0.29) is 4.90 Å². The first kappa shape index (κ1) is 17.2. The Labute approximate surface area is 134 Å². The molecule has 7 nitrogen and oxygen atoms in total. The number of anilines is 1. The van der Waals surface area contributed by atoms with Gasteiger partial charge in [-0.05, 0) is 12.1 Å². The second-order valence-corrected chi connectivity index (χ2v) is 6.90. The SMILES string of the molecule is CN(C)c1cccc2c(S(=O)(=O)N[C@@H](CO)C(=O)O)cccc12. The highest BCUT2D eigenvalue weighted by molar-refractivity contribution is 7.89. The van der Waals surface area contributed by atoms with Gasteiger partial charge in [0, 0.05) is 30.6 Å². The molecular formula is C15H18N2O5S. The molecule has 0 aliphatic carbocycles. The predicted molar refractivity (Wildman–Crippen MR) is 87.1 cm³/mol. The summed E-state index contributed by atoms with van der Waals surface area (Å²) in [6, 6.07) is 8.46. The van der Waals surface area contributed by atoms with Crippen molar-refractivity contribution >= 4 is 32.5 Å². The Morgan fingerprint density at radius 3 is 2.35 bits per heavy atom. The Balaban J connectivity index is 2.59. The van der Waals surface area contributed by atoms with Gasteiger partial charge in [0.25, 0.3) is 0 Å². The summed E-state index contributed by atoms with van der Waals surface area (Å²) in [4.78, 5) is 12.8. The minimum absolute atomic E-state index is 0.0293. The van der Waals surface area contributed by atoms with Gasteiger partial charge in [-0.2, -0.15) is 4.72 Å². The fourth-order valence-electron chi connectivity index (χ4n) is 2.31. The number of hydrogen-bond donors (Lipinski definition) is 3. The van der Waals surface area contributed by atoms with E-state index in [2.05, 4.69) is 0 Å². The number of fused-ring (bicyclic) bond motifs is 1. The van der Waals surface area contributed by atoms with E-state index < -0.39 is 28.6 Å². The third kappa shape index (κ3) is 3.44. The highest BCUT2D eigenvalue weighted by atomic mass is 32.2. The molecule has 0 saturated heterocycles. The predicted octanol–water partition coefficient (Wildman–Crippen LogP) is 0.630. The minimum atomic E-state index is -4.10. The Bertz CT molecular complexity index is 833. The van der Waals surface area contributed by atoms with Crippen molar-refractivity contribution in [3.05, 3.63) is 36.4 Å². The summed E-state index contributed by atoms with van der Waals surface area (Å²) in [7, 11) is -0.400. The van der Waals surface area contributed by atoms with E-state index in [0.29, 0.717) is 5.39 Å². The van der Waals surface area contributed by atoms with Gasteiger partial charge in [-0.15, -0.1) is 0 Å². The zero-order chi connectivity index (χ0) is 17.2. The molecule has 2 rings (SSSR count). The number of aliphatic carboxylic acids is 1. The molecule has 0 unspecified atom stereocenters. The third-order valence-electron chi connectivity index (χ3n) is 3.41. The van der Waals surface area contributed by atoms with Crippen LogP contribution in [0.5, 0.6) is 0 Å². The van der Waals surface area contributed by atoms with Crippen LogP contribution in [-0.2, 0) is 14.8 Å². The van der Waals surface area contributed by atoms with Crippen molar-refractivity contribution in [2.24, 2.45) is 0 Å². The van der Waals surface area contributed by atoms with E-state index in [9.17, 15) is 13.2 Å². The summed E-state index contributed by atoms with van der Waals surface area (Å²) < 4.78 is 27.0. The monoisotopic (exact) mass is 338 g/mol. The number of aliphatic hydroxyl groups is 1. The summed E-state index contributed by atoms with van der Waals surface area (Å²) >= 11 is 0. The molecule has 0 heterocycles. The average molecular weight is 338 g/mol. The Morgan fingerprint density at radius 1 is 1.17 bits per heavy atom. The molecule has 23 heavy (non-hydrogen) atoms. The zero-order valence-corrected chi connectivity index (χ0v) is 13.5.